The Labute approximate surface area is 183 Å². The van der Waals surface area contributed by atoms with Crippen LogP contribution in [0.4, 0.5) is 5.82 Å². The highest BCUT2D eigenvalue weighted by molar-refractivity contribution is 5.84. The largest absolute Gasteiger partial charge is 0.356 e. The second kappa shape index (κ2) is 9.22. The minimum absolute atomic E-state index is 0.0139. The topological polar surface area (TPSA) is 65.8 Å². The van der Waals surface area contributed by atoms with E-state index in [-0.39, 0.29) is 11.8 Å². The lowest BCUT2D eigenvalue weighted by Gasteiger charge is -2.33. The Kier molecular flexibility index (Phi) is 6.02. The molecular formula is C24H32N6O. The van der Waals surface area contributed by atoms with E-state index in [0.29, 0.717) is 6.54 Å². The number of pyridine rings is 1. The number of rotatable bonds is 6. The summed E-state index contributed by atoms with van der Waals surface area (Å²) < 4.78 is 2.15. The minimum atomic E-state index is 0.0139. The molecule has 0 bridgehead atoms. The second-order valence-electron chi connectivity index (χ2n) is 8.88. The number of hydrogen-bond donors (Lipinski definition) is 1. The first-order chi connectivity index (χ1) is 15.3. The third-order valence-electron chi connectivity index (χ3n) is 6.71. The van der Waals surface area contributed by atoms with E-state index in [4.69, 9.17) is 4.98 Å². The van der Waals surface area contributed by atoms with E-state index in [1.54, 1.807) is 6.20 Å². The molecule has 2 aliphatic rings. The van der Waals surface area contributed by atoms with Crippen LogP contribution in [-0.2, 0) is 4.79 Å². The number of nitrogens with zero attached hydrogens (tertiary/aromatic N) is 5. The molecule has 5 rings (SSSR count). The summed E-state index contributed by atoms with van der Waals surface area (Å²) in [6.45, 7) is 5.93. The van der Waals surface area contributed by atoms with Gasteiger partial charge in [-0.3, -0.25) is 4.79 Å². The standard InChI is InChI=1S/C24H32N6O/c31-24(26-12-7-15-28-13-2-1-3-14-28)19-8-5-16-29(18-19)23-21-10-6-17-30(21)20-9-4-11-25-22(20)27-23/h4,6,9-11,17,19H,1-3,5,7-8,12-16,18H2,(H,26,31)/t19-/m0/s1. The third kappa shape index (κ3) is 4.37. The molecule has 0 radical (unpaired) electrons. The van der Waals surface area contributed by atoms with Crippen LogP contribution in [0.3, 0.4) is 0 Å². The highest BCUT2D eigenvalue weighted by Crippen LogP contribution is 2.28. The SMILES string of the molecule is O=C(NCCCN1CCCCC1)[C@H]1CCCN(c2nc3ncccc3n3cccc23)C1. The number of aromatic nitrogens is 3. The summed E-state index contributed by atoms with van der Waals surface area (Å²) in [5, 5.41) is 3.20. The fourth-order valence-corrected chi connectivity index (χ4v) is 5.05. The summed E-state index contributed by atoms with van der Waals surface area (Å²) in [6, 6.07) is 8.13. The molecule has 3 aromatic rings. The monoisotopic (exact) mass is 420 g/mol. The molecule has 0 spiro atoms. The van der Waals surface area contributed by atoms with E-state index in [1.165, 1.54) is 32.4 Å². The maximum atomic E-state index is 12.9. The van der Waals surface area contributed by atoms with Crippen molar-refractivity contribution in [3.63, 3.8) is 0 Å². The van der Waals surface area contributed by atoms with Gasteiger partial charge in [-0.2, -0.15) is 0 Å². The average Bonchev–Trinajstić information content (AvgIpc) is 3.32. The van der Waals surface area contributed by atoms with Gasteiger partial charge in [-0.25, -0.2) is 9.97 Å². The van der Waals surface area contributed by atoms with Gasteiger partial charge in [0.1, 0.15) is 0 Å². The van der Waals surface area contributed by atoms with Crippen LogP contribution in [-0.4, -0.2) is 64.4 Å². The summed E-state index contributed by atoms with van der Waals surface area (Å²) in [4.78, 5) is 27.0. The van der Waals surface area contributed by atoms with Gasteiger partial charge in [0.2, 0.25) is 5.91 Å². The average molecular weight is 421 g/mol. The first-order valence-electron chi connectivity index (χ1n) is 11.8. The molecule has 1 amide bonds. The highest BCUT2D eigenvalue weighted by atomic mass is 16.1. The van der Waals surface area contributed by atoms with Crippen LogP contribution in [0, 0.1) is 5.92 Å². The van der Waals surface area contributed by atoms with Crippen molar-refractivity contribution >= 4 is 28.4 Å². The van der Waals surface area contributed by atoms with Crippen LogP contribution in [0.1, 0.15) is 38.5 Å². The first kappa shape index (κ1) is 20.2. The Balaban J connectivity index is 1.23. The van der Waals surface area contributed by atoms with Gasteiger partial charge in [0.15, 0.2) is 11.5 Å². The van der Waals surface area contributed by atoms with E-state index in [9.17, 15) is 4.79 Å². The number of hydrogen-bond acceptors (Lipinski definition) is 5. The predicted octanol–water partition coefficient (Wildman–Crippen LogP) is 3.09. The van der Waals surface area contributed by atoms with Crippen LogP contribution in [0.15, 0.2) is 36.7 Å². The highest BCUT2D eigenvalue weighted by Gasteiger charge is 2.28. The van der Waals surface area contributed by atoms with Crippen LogP contribution >= 0.6 is 0 Å². The van der Waals surface area contributed by atoms with Gasteiger partial charge in [0.05, 0.1) is 17.0 Å². The minimum Gasteiger partial charge on any atom is -0.356 e. The molecule has 7 nitrogen and oxygen atoms in total. The third-order valence-corrected chi connectivity index (χ3v) is 6.71. The summed E-state index contributed by atoms with van der Waals surface area (Å²) in [6.07, 6.45) is 10.8. The molecule has 0 saturated carbocycles. The predicted molar refractivity (Wildman–Crippen MR) is 123 cm³/mol. The number of likely N-dealkylation sites (tertiary alicyclic amines) is 1. The maximum Gasteiger partial charge on any atom is 0.224 e. The zero-order valence-electron chi connectivity index (χ0n) is 18.2. The summed E-state index contributed by atoms with van der Waals surface area (Å²) in [5.41, 5.74) is 2.82. The number of carbonyl (C=O) groups is 1. The molecule has 5 heterocycles. The maximum absolute atomic E-state index is 12.9. The quantitative estimate of drug-likeness (QED) is 0.621. The molecule has 0 aliphatic carbocycles. The number of amides is 1. The van der Waals surface area contributed by atoms with Crippen LogP contribution < -0.4 is 10.2 Å². The second-order valence-corrected chi connectivity index (χ2v) is 8.88. The molecule has 2 aliphatic heterocycles. The summed E-state index contributed by atoms with van der Waals surface area (Å²) in [7, 11) is 0. The molecule has 3 aromatic heterocycles. The normalized spacial score (nSPS) is 20.4. The fraction of sp³-hybridized carbons (Fsp3) is 0.542. The van der Waals surface area contributed by atoms with E-state index in [2.05, 4.69) is 36.8 Å². The van der Waals surface area contributed by atoms with Crippen LogP contribution in [0.25, 0.3) is 16.7 Å². The molecule has 1 atom stereocenters. The first-order valence-corrected chi connectivity index (χ1v) is 11.8. The number of carbonyl (C=O) groups excluding carboxylic acids is 1. The van der Waals surface area contributed by atoms with Crippen molar-refractivity contribution in [2.24, 2.45) is 5.92 Å². The fourth-order valence-electron chi connectivity index (χ4n) is 5.05. The lowest BCUT2D eigenvalue weighted by atomic mass is 9.97. The zero-order chi connectivity index (χ0) is 21.0. The van der Waals surface area contributed by atoms with Crippen molar-refractivity contribution in [2.75, 3.05) is 44.2 Å². The van der Waals surface area contributed by atoms with Gasteiger partial charge in [0, 0.05) is 32.0 Å². The number of nitrogens with one attached hydrogen (secondary N) is 1. The van der Waals surface area contributed by atoms with Gasteiger partial charge in [-0.15, -0.1) is 0 Å². The molecule has 0 unspecified atom stereocenters. The van der Waals surface area contributed by atoms with Crippen LogP contribution in [0.5, 0.6) is 0 Å². The van der Waals surface area contributed by atoms with Gasteiger partial charge in [-0.1, -0.05) is 6.42 Å². The zero-order valence-corrected chi connectivity index (χ0v) is 18.2. The van der Waals surface area contributed by atoms with Crippen LogP contribution in [0.2, 0.25) is 0 Å². The Hall–Kier alpha value is -2.67. The van der Waals surface area contributed by atoms with Crippen molar-refractivity contribution in [1.82, 2.24) is 24.6 Å². The molecule has 1 N–H and O–H groups in total. The number of fused-ring (bicyclic) bond motifs is 3. The van der Waals surface area contributed by atoms with E-state index >= 15 is 0 Å². The molecule has 2 saturated heterocycles. The number of anilines is 1. The van der Waals surface area contributed by atoms with E-state index in [0.717, 1.165) is 61.4 Å². The Morgan fingerprint density at radius 1 is 1.06 bits per heavy atom. The number of piperidine rings is 2. The van der Waals surface area contributed by atoms with Gasteiger partial charge >= 0.3 is 0 Å². The molecule has 0 aromatic carbocycles. The van der Waals surface area contributed by atoms with Crippen molar-refractivity contribution in [3.8, 4) is 0 Å². The lowest BCUT2D eigenvalue weighted by molar-refractivity contribution is -0.125. The molecular weight excluding hydrogens is 388 g/mol. The van der Waals surface area contributed by atoms with Crippen molar-refractivity contribution in [1.29, 1.82) is 0 Å². The van der Waals surface area contributed by atoms with E-state index < -0.39 is 0 Å². The van der Waals surface area contributed by atoms with Crippen molar-refractivity contribution < 1.29 is 4.79 Å². The van der Waals surface area contributed by atoms with E-state index in [1.807, 2.05) is 18.2 Å². The molecule has 31 heavy (non-hydrogen) atoms. The van der Waals surface area contributed by atoms with Crippen molar-refractivity contribution in [3.05, 3.63) is 36.7 Å². The Bertz CT molecular complexity index is 1040. The summed E-state index contributed by atoms with van der Waals surface area (Å²) in [5.74, 6) is 1.13. The molecule has 2 fully saturated rings. The Morgan fingerprint density at radius 3 is 2.84 bits per heavy atom. The molecule has 164 valence electrons. The Morgan fingerprint density at radius 2 is 1.94 bits per heavy atom. The van der Waals surface area contributed by atoms with Gasteiger partial charge in [-0.05, 0) is 76.0 Å². The lowest BCUT2D eigenvalue weighted by Crippen LogP contribution is -2.44. The van der Waals surface area contributed by atoms with Gasteiger partial charge < -0.3 is 19.5 Å². The smallest absolute Gasteiger partial charge is 0.224 e. The van der Waals surface area contributed by atoms with Gasteiger partial charge in [0.25, 0.3) is 0 Å². The molecule has 7 heteroatoms. The van der Waals surface area contributed by atoms with Crippen molar-refractivity contribution in [2.45, 2.75) is 38.5 Å². The summed E-state index contributed by atoms with van der Waals surface area (Å²) >= 11 is 0.